The van der Waals surface area contributed by atoms with Gasteiger partial charge in [-0.1, -0.05) is 0 Å². The second-order valence-corrected chi connectivity index (χ2v) is 8.63. The first-order valence-corrected chi connectivity index (χ1v) is 10.1. The van der Waals surface area contributed by atoms with Gasteiger partial charge in [-0.3, -0.25) is 9.59 Å². The summed E-state index contributed by atoms with van der Waals surface area (Å²) in [7, 11) is -4.66. The molecular weight excluding hydrogens is 439 g/mol. The van der Waals surface area contributed by atoms with E-state index in [1.807, 2.05) is 0 Å². The van der Waals surface area contributed by atoms with Gasteiger partial charge < -0.3 is 31.4 Å². The van der Waals surface area contributed by atoms with E-state index in [4.69, 9.17) is 5.73 Å². The Morgan fingerprint density at radius 2 is 2.06 bits per heavy atom. The van der Waals surface area contributed by atoms with E-state index in [-0.39, 0.29) is 21.2 Å². The van der Waals surface area contributed by atoms with Gasteiger partial charge in [0.05, 0.1) is 11.9 Å². The van der Waals surface area contributed by atoms with Crippen molar-refractivity contribution in [3.8, 4) is 0 Å². The predicted octanol–water partition coefficient (Wildman–Crippen LogP) is -2.08. The van der Waals surface area contributed by atoms with Crippen molar-refractivity contribution >= 4 is 27.6 Å². The maximum Gasteiger partial charge on any atom is 0.385 e. The summed E-state index contributed by atoms with van der Waals surface area (Å²) in [6, 6.07) is 3.27. The number of halogens is 1. The number of anilines is 1. The molecule has 0 saturated heterocycles. The molecule has 0 radical (unpaired) electrons. The molecule has 0 fully saturated rings. The molecular formula is C16H17FN6O7S. The number of amides is 1. The van der Waals surface area contributed by atoms with Crippen LogP contribution in [0.1, 0.15) is 23.0 Å². The fraction of sp³-hybridized carbons (Fsp3) is 0.250. The molecule has 0 aliphatic carbocycles. The lowest BCUT2D eigenvalue weighted by Crippen LogP contribution is -2.62. The van der Waals surface area contributed by atoms with Crippen LogP contribution in [0.5, 0.6) is 0 Å². The van der Waals surface area contributed by atoms with Crippen LogP contribution in [0, 0.1) is 5.82 Å². The van der Waals surface area contributed by atoms with E-state index in [0.29, 0.717) is 0 Å². The van der Waals surface area contributed by atoms with Crippen molar-refractivity contribution < 1.29 is 32.9 Å². The third kappa shape index (κ3) is 4.38. The maximum absolute atomic E-state index is 14.6. The van der Waals surface area contributed by atoms with E-state index in [9.17, 15) is 37.7 Å². The fourth-order valence-corrected chi connectivity index (χ4v) is 4.81. The number of benzene rings is 1. The lowest BCUT2D eigenvalue weighted by Gasteiger charge is -2.38. The summed E-state index contributed by atoms with van der Waals surface area (Å²) in [5.41, 5.74) is 2.76. The third-order valence-corrected chi connectivity index (χ3v) is 6.21. The second-order valence-electron chi connectivity index (χ2n) is 6.81. The summed E-state index contributed by atoms with van der Waals surface area (Å²) >= 11 is 0. The highest BCUT2D eigenvalue weighted by molar-refractivity contribution is 7.89. The first kappa shape index (κ1) is 22.3. The summed E-state index contributed by atoms with van der Waals surface area (Å²) < 4.78 is 39.2. The Balaban J connectivity index is 2.00. The number of aromatic nitrogens is 2. The topological polar surface area (TPSA) is 211 Å². The van der Waals surface area contributed by atoms with Crippen LogP contribution < -0.4 is 16.6 Å². The molecule has 31 heavy (non-hydrogen) atoms. The van der Waals surface area contributed by atoms with Gasteiger partial charge in [-0.15, -0.1) is 0 Å². The van der Waals surface area contributed by atoms with Crippen molar-refractivity contribution in [1.82, 2.24) is 14.3 Å². The first-order valence-electron chi connectivity index (χ1n) is 8.45. The van der Waals surface area contributed by atoms with Crippen molar-refractivity contribution in [2.75, 3.05) is 11.1 Å². The summed E-state index contributed by atoms with van der Waals surface area (Å²) in [6.45, 7) is 1.22. The van der Waals surface area contributed by atoms with E-state index in [0.717, 1.165) is 24.5 Å². The molecule has 13 nitrogen and oxygen atoms in total. The molecule has 1 aliphatic heterocycles. The number of H-pyrrole nitrogens is 1. The largest absolute Gasteiger partial charge is 0.385 e. The van der Waals surface area contributed by atoms with Crippen LogP contribution in [-0.2, 0) is 15.6 Å². The standard InChI is InChI=1S/C16H17FN6O7S/c1-15(7-31(29,30)23(14(18)22-15)16(26,27)28)9-4-8(2-3-10(9)17)21-13(25)11-5-20-12(24)6-19-11/h2-6,26-28H,7H2,1H3,(H2,18,22)(H,20,24)(H,21,25)/t15-/m0/s1. The van der Waals surface area contributed by atoms with E-state index in [1.54, 1.807) is 0 Å². The number of nitrogens with zero attached hydrogens (tertiary/aromatic N) is 3. The Bertz CT molecular complexity index is 1220. The van der Waals surface area contributed by atoms with E-state index < -0.39 is 50.7 Å². The number of sulfonamides is 1. The van der Waals surface area contributed by atoms with Crippen molar-refractivity contribution in [3.63, 3.8) is 0 Å². The van der Waals surface area contributed by atoms with Gasteiger partial charge in [0.25, 0.3) is 11.5 Å². The van der Waals surface area contributed by atoms with Gasteiger partial charge in [-0.25, -0.2) is 22.8 Å². The number of nitrogens with one attached hydrogen (secondary N) is 2. The second kappa shape index (κ2) is 7.38. The van der Waals surface area contributed by atoms with E-state index in [1.165, 1.54) is 13.0 Å². The molecule has 166 valence electrons. The molecule has 1 amide bonds. The minimum absolute atomic E-state index is 0.0463. The number of aromatic amines is 1. The zero-order valence-corrected chi connectivity index (χ0v) is 16.6. The molecule has 0 bridgehead atoms. The zero-order chi connectivity index (χ0) is 23.2. The summed E-state index contributed by atoms with van der Waals surface area (Å²) in [5, 5.41) is 30.2. The molecule has 15 heteroatoms. The highest BCUT2D eigenvalue weighted by atomic mass is 32.2. The van der Waals surface area contributed by atoms with Crippen LogP contribution >= 0.6 is 0 Å². The summed E-state index contributed by atoms with van der Waals surface area (Å²) in [5.74, 6) is -3.60. The Morgan fingerprint density at radius 1 is 1.39 bits per heavy atom. The van der Waals surface area contributed by atoms with E-state index in [2.05, 4.69) is 20.3 Å². The number of rotatable bonds is 4. The van der Waals surface area contributed by atoms with Gasteiger partial charge in [-0.05, 0) is 25.1 Å². The molecule has 3 rings (SSSR count). The number of aliphatic imine (C=N–C) groups is 1. The molecule has 0 unspecified atom stereocenters. The van der Waals surface area contributed by atoms with Crippen LogP contribution in [0.3, 0.4) is 0 Å². The van der Waals surface area contributed by atoms with Crippen molar-refractivity contribution in [1.29, 1.82) is 0 Å². The number of carbonyl (C=O) groups excluding carboxylic acids is 1. The monoisotopic (exact) mass is 456 g/mol. The summed E-state index contributed by atoms with van der Waals surface area (Å²) in [4.78, 5) is 33.1. The molecule has 1 aromatic carbocycles. The van der Waals surface area contributed by atoms with Gasteiger partial charge in [-0.2, -0.15) is 4.31 Å². The van der Waals surface area contributed by atoms with Crippen LogP contribution in [0.4, 0.5) is 10.1 Å². The molecule has 0 saturated carbocycles. The number of carbonyl (C=O) groups is 1. The van der Waals surface area contributed by atoms with Crippen molar-refractivity contribution in [2.45, 2.75) is 18.6 Å². The van der Waals surface area contributed by atoms with Crippen molar-refractivity contribution in [2.24, 2.45) is 10.7 Å². The van der Waals surface area contributed by atoms with Crippen LogP contribution in [0.15, 0.2) is 40.4 Å². The fourth-order valence-electron chi connectivity index (χ4n) is 3.05. The Morgan fingerprint density at radius 3 is 2.61 bits per heavy atom. The minimum Gasteiger partial charge on any atom is -0.369 e. The van der Waals surface area contributed by atoms with E-state index >= 15 is 0 Å². The lowest BCUT2D eigenvalue weighted by molar-refractivity contribution is -0.355. The molecule has 2 aromatic rings. The van der Waals surface area contributed by atoms with Crippen molar-refractivity contribution in [3.05, 3.63) is 58.0 Å². The summed E-state index contributed by atoms with van der Waals surface area (Å²) in [6.07, 6.45) is -1.88. The third-order valence-electron chi connectivity index (χ3n) is 4.29. The average Bonchev–Trinajstić information content (AvgIpc) is 2.60. The number of guanidine groups is 1. The van der Waals surface area contributed by atoms with Crippen LogP contribution in [0.2, 0.25) is 0 Å². The Labute approximate surface area is 173 Å². The Hall–Kier alpha value is -3.40. The number of aliphatic hydroxyl groups is 3. The van der Waals surface area contributed by atoms with Crippen LogP contribution in [0.25, 0.3) is 0 Å². The highest BCUT2D eigenvalue weighted by Crippen LogP contribution is 2.36. The molecule has 1 aliphatic rings. The quantitative estimate of drug-likeness (QED) is 0.278. The van der Waals surface area contributed by atoms with Gasteiger partial charge in [0, 0.05) is 17.4 Å². The first-order chi connectivity index (χ1) is 14.2. The Kier molecular flexibility index (Phi) is 5.31. The number of nitrogens with two attached hydrogens (primary N) is 1. The van der Waals surface area contributed by atoms with Gasteiger partial charge in [0.1, 0.15) is 17.1 Å². The lowest BCUT2D eigenvalue weighted by atomic mass is 9.93. The molecule has 2 heterocycles. The normalized spacial score (nSPS) is 20.8. The maximum atomic E-state index is 14.6. The molecule has 1 aromatic heterocycles. The number of hydrogen-bond donors (Lipinski definition) is 6. The molecule has 7 N–H and O–H groups in total. The van der Waals surface area contributed by atoms with Gasteiger partial charge >= 0.3 is 6.10 Å². The molecule has 0 spiro atoms. The van der Waals surface area contributed by atoms with Crippen LogP contribution in [-0.4, -0.2) is 61.7 Å². The number of hydrogen-bond acceptors (Lipinski definition) is 10. The average molecular weight is 456 g/mol. The highest BCUT2D eigenvalue weighted by Gasteiger charge is 2.50. The van der Waals surface area contributed by atoms with Gasteiger partial charge in [0.2, 0.25) is 16.0 Å². The minimum atomic E-state index is -4.66. The van der Waals surface area contributed by atoms with Gasteiger partial charge in [0.15, 0.2) is 0 Å². The predicted molar refractivity (Wildman–Crippen MR) is 103 cm³/mol. The smallest absolute Gasteiger partial charge is 0.369 e. The SMILES string of the molecule is C[C@@]1(c2cc(NC(=O)c3c[nH]c(=O)cn3)ccc2F)CS(=O)(=O)N(C(O)(O)O)C(N)=N1. The zero-order valence-electron chi connectivity index (χ0n) is 15.8. The molecule has 1 atom stereocenters.